The van der Waals surface area contributed by atoms with Crippen LogP contribution in [0, 0.1) is 6.92 Å². The average Bonchev–Trinajstić information content (AvgIpc) is 2.38. The Bertz CT molecular complexity index is 411. The van der Waals surface area contributed by atoms with E-state index in [2.05, 4.69) is 10.3 Å². The summed E-state index contributed by atoms with van der Waals surface area (Å²) in [7, 11) is 1.82. The van der Waals surface area contributed by atoms with Gasteiger partial charge < -0.3 is 10.2 Å². The van der Waals surface area contributed by atoms with Gasteiger partial charge in [-0.3, -0.25) is 4.79 Å². The van der Waals surface area contributed by atoms with Gasteiger partial charge in [-0.05, 0) is 38.3 Å². The lowest BCUT2D eigenvalue weighted by molar-refractivity contribution is 0.0724. The second kappa shape index (κ2) is 5.17. The van der Waals surface area contributed by atoms with Crippen molar-refractivity contribution in [2.24, 2.45) is 0 Å². The molecule has 0 aliphatic carbocycles. The number of nitrogens with one attached hydrogen (secondary N) is 1. The van der Waals surface area contributed by atoms with Crippen molar-refractivity contribution >= 4 is 11.7 Å². The molecule has 0 spiro atoms. The Balaban J connectivity index is 2.20. The highest BCUT2D eigenvalue weighted by Gasteiger charge is 2.18. The van der Waals surface area contributed by atoms with Crippen LogP contribution in [0.25, 0.3) is 0 Å². The molecule has 1 saturated heterocycles. The van der Waals surface area contributed by atoms with Gasteiger partial charge in [0.05, 0.1) is 0 Å². The van der Waals surface area contributed by atoms with Gasteiger partial charge in [-0.25, -0.2) is 4.98 Å². The molecule has 0 saturated carbocycles. The van der Waals surface area contributed by atoms with Gasteiger partial charge in [-0.2, -0.15) is 0 Å². The van der Waals surface area contributed by atoms with Crippen molar-refractivity contribution in [2.45, 2.75) is 26.2 Å². The lowest BCUT2D eigenvalue weighted by Crippen LogP contribution is -2.35. The minimum Gasteiger partial charge on any atom is -0.373 e. The Kier molecular flexibility index (Phi) is 3.61. The zero-order valence-electron chi connectivity index (χ0n) is 10.5. The van der Waals surface area contributed by atoms with Crippen molar-refractivity contribution in [3.63, 3.8) is 0 Å². The maximum absolute atomic E-state index is 12.3. The number of carbonyl (C=O) groups excluding carboxylic acids is 1. The Morgan fingerprint density at radius 2 is 2.00 bits per heavy atom. The van der Waals surface area contributed by atoms with Gasteiger partial charge in [-0.15, -0.1) is 0 Å². The van der Waals surface area contributed by atoms with E-state index in [-0.39, 0.29) is 5.91 Å². The Hall–Kier alpha value is -1.58. The summed E-state index contributed by atoms with van der Waals surface area (Å²) in [5, 5.41) is 2.98. The second-order valence-electron chi connectivity index (χ2n) is 4.49. The molecule has 1 N–H and O–H groups in total. The lowest BCUT2D eigenvalue weighted by Gasteiger charge is -2.26. The molecule has 1 aliphatic heterocycles. The van der Waals surface area contributed by atoms with Crippen LogP contribution < -0.4 is 5.32 Å². The Morgan fingerprint density at radius 3 is 2.65 bits per heavy atom. The molecule has 92 valence electrons. The molecule has 0 aromatic carbocycles. The lowest BCUT2D eigenvalue weighted by atomic mass is 10.1. The van der Waals surface area contributed by atoms with Crippen LogP contribution in [0.4, 0.5) is 5.82 Å². The molecule has 1 fully saturated rings. The first-order valence-corrected chi connectivity index (χ1v) is 6.16. The van der Waals surface area contributed by atoms with Crippen molar-refractivity contribution in [1.82, 2.24) is 9.88 Å². The zero-order valence-corrected chi connectivity index (χ0v) is 10.5. The molecular formula is C13H19N3O. The predicted octanol–water partition coefficient (Wildman–Crippen LogP) is 2.06. The van der Waals surface area contributed by atoms with Gasteiger partial charge in [0.1, 0.15) is 5.82 Å². The van der Waals surface area contributed by atoms with E-state index in [1.807, 2.05) is 31.0 Å². The van der Waals surface area contributed by atoms with Crippen LogP contribution in [0.5, 0.6) is 0 Å². The quantitative estimate of drug-likeness (QED) is 0.850. The molecule has 4 nitrogen and oxygen atoms in total. The molecule has 0 radical (unpaired) electrons. The van der Waals surface area contributed by atoms with E-state index in [1.54, 1.807) is 0 Å². The topological polar surface area (TPSA) is 45.2 Å². The Morgan fingerprint density at radius 1 is 1.29 bits per heavy atom. The number of pyridine rings is 1. The minimum absolute atomic E-state index is 0.131. The summed E-state index contributed by atoms with van der Waals surface area (Å²) >= 11 is 0. The highest BCUT2D eigenvalue weighted by Crippen LogP contribution is 2.16. The first kappa shape index (κ1) is 11.9. The summed E-state index contributed by atoms with van der Waals surface area (Å²) < 4.78 is 0. The normalized spacial score (nSPS) is 15.8. The number of piperidine rings is 1. The third-order valence-corrected chi connectivity index (χ3v) is 3.10. The number of carbonyl (C=O) groups is 1. The molecule has 2 heterocycles. The van der Waals surface area contributed by atoms with E-state index in [0.29, 0.717) is 0 Å². The number of rotatable bonds is 2. The predicted molar refractivity (Wildman–Crippen MR) is 68.3 cm³/mol. The monoisotopic (exact) mass is 233 g/mol. The van der Waals surface area contributed by atoms with Crippen molar-refractivity contribution in [2.75, 3.05) is 25.5 Å². The maximum Gasteiger partial charge on any atom is 0.254 e. The Labute approximate surface area is 102 Å². The van der Waals surface area contributed by atoms with Crippen LogP contribution in [0.2, 0.25) is 0 Å². The molecule has 0 bridgehead atoms. The number of aryl methyl sites for hydroxylation is 1. The highest BCUT2D eigenvalue weighted by molar-refractivity contribution is 5.95. The van der Waals surface area contributed by atoms with E-state index in [9.17, 15) is 4.79 Å². The largest absolute Gasteiger partial charge is 0.373 e. The van der Waals surface area contributed by atoms with Crippen LogP contribution in [-0.4, -0.2) is 35.9 Å². The molecule has 17 heavy (non-hydrogen) atoms. The van der Waals surface area contributed by atoms with Gasteiger partial charge >= 0.3 is 0 Å². The van der Waals surface area contributed by atoms with Gasteiger partial charge in [0.2, 0.25) is 0 Å². The van der Waals surface area contributed by atoms with Crippen LogP contribution >= 0.6 is 0 Å². The zero-order chi connectivity index (χ0) is 12.3. The fourth-order valence-electron chi connectivity index (χ4n) is 2.20. The van der Waals surface area contributed by atoms with Gasteiger partial charge in [0.15, 0.2) is 0 Å². The first-order chi connectivity index (χ1) is 8.20. The summed E-state index contributed by atoms with van der Waals surface area (Å²) in [5.74, 6) is 0.886. The summed E-state index contributed by atoms with van der Waals surface area (Å²) in [6, 6.07) is 3.68. The van der Waals surface area contributed by atoms with Gasteiger partial charge in [0, 0.05) is 31.4 Å². The van der Waals surface area contributed by atoms with Crippen LogP contribution in [0.15, 0.2) is 12.1 Å². The number of likely N-dealkylation sites (tertiary alicyclic amines) is 1. The molecule has 1 aliphatic rings. The van der Waals surface area contributed by atoms with E-state index >= 15 is 0 Å². The summed E-state index contributed by atoms with van der Waals surface area (Å²) in [6.45, 7) is 3.68. The van der Waals surface area contributed by atoms with E-state index in [1.165, 1.54) is 6.42 Å². The summed E-state index contributed by atoms with van der Waals surface area (Å²) in [4.78, 5) is 18.5. The van der Waals surface area contributed by atoms with Crippen LogP contribution in [0.1, 0.15) is 35.3 Å². The third kappa shape index (κ3) is 2.75. The van der Waals surface area contributed by atoms with Crippen LogP contribution in [-0.2, 0) is 0 Å². The van der Waals surface area contributed by atoms with E-state index in [4.69, 9.17) is 0 Å². The number of anilines is 1. The van der Waals surface area contributed by atoms with Crippen LogP contribution in [0.3, 0.4) is 0 Å². The first-order valence-electron chi connectivity index (χ1n) is 6.16. The molecule has 1 amide bonds. The standard InChI is InChI=1S/C13H19N3O/c1-10-8-11(9-12(14-2)15-10)13(17)16-6-4-3-5-7-16/h8-9H,3-7H2,1-2H3,(H,14,15). The number of aromatic nitrogens is 1. The molecule has 1 aromatic rings. The molecule has 4 heteroatoms. The molecule has 2 rings (SSSR count). The van der Waals surface area contributed by atoms with Crippen molar-refractivity contribution < 1.29 is 4.79 Å². The third-order valence-electron chi connectivity index (χ3n) is 3.10. The van der Waals surface area contributed by atoms with E-state index < -0.39 is 0 Å². The van der Waals surface area contributed by atoms with E-state index in [0.717, 1.165) is 43.0 Å². The maximum atomic E-state index is 12.3. The molecule has 0 atom stereocenters. The average molecular weight is 233 g/mol. The SMILES string of the molecule is CNc1cc(C(=O)N2CCCCC2)cc(C)n1. The minimum atomic E-state index is 0.131. The second-order valence-corrected chi connectivity index (χ2v) is 4.49. The molecule has 0 unspecified atom stereocenters. The number of hydrogen-bond donors (Lipinski definition) is 1. The number of hydrogen-bond acceptors (Lipinski definition) is 3. The molecular weight excluding hydrogens is 214 g/mol. The van der Waals surface area contributed by atoms with Crippen molar-refractivity contribution in [3.05, 3.63) is 23.4 Å². The number of nitrogens with zero attached hydrogens (tertiary/aromatic N) is 2. The number of amides is 1. The molecule has 1 aromatic heterocycles. The highest BCUT2D eigenvalue weighted by atomic mass is 16.2. The summed E-state index contributed by atoms with van der Waals surface area (Å²) in [6.07, 6.45) is 3.48. The van der Waals surface area contributed by atoms with Crippen molar-refractivity contribution in [1.29, 1.82) is 0 Å². The fraction of sp³-hybridized carbons (Fsp3) is 0.538. The summed E-state index contributed by atoms with van der Waals surface area (Å²) in [5.41, 5.74) is 1.61. The smallest absolute Gasteiger partial charge is 0.254 e. The fourth-order valence-corrected chi connectivity index (χ4v) is 2.20. The van der Waals surface area contributed by atoms with Gasteiger partial charge in [-0.1, -0.05) is 0 Å². The van der Waals surface area contributed by atoms with Crippen molar-refractivity contribution in [3.8, 4) is 0 Å². The van der Waals surface area contributed by atoms with Gasteiger partial charge in [0.25, 0.3) is 5.91 Å².